The van der Waals surface area contributed by atoms with Crippen molar-refractivity contribution in [1.82, 2.24) is 15.1 Å². The molecule has 3 amide bonds. The van der Waals surface area contributed by atoms with E-state index in [0.717, 1.165) is 32.5 Å². The SMILES string of the molecule is CN1CCC(CNC(=O)c2ccc(NC(=O)N3Cc4ccccc4C3)cc2)CC1. The van der Waals surface area contributed by atoms with Crippen LogP contribution in [0, 0.1) is 5.92 Å². The maximum absolute atomic E-state index is 12.5. The van der Waals surface area contributed by atoms with Crippen molar-refractivity contribution in [2.24, 2.45) is 5.92 Å². The molecule has 6 heteroatoms. The number of nitrogens with zero attached hydrogens (tertiary/aromatic N) is 2. The van der Waals surface area contributed by atoms with Crippen LogP contribution in [0.25, 0.3) is 0 Å². The lowest BCUT2D eigenvalue weighted by Crippen LogP contribution is -2.36. The van der Waals surface area contributed by atoms with Crippen molar-refractivity contribution in [2.75, 3.05) is 32.0 Å². The molecular formula is C23H28N4O2. The van der Waals surface area contributed by atoms with Crippen LogP contribution in [0.15, 0.2) is 48.5 Å². The number of carbonyl (C=O) groups excluding carboxylic acids is 2. The normalized spacial score (nSPS) is 17.1. The van der Waals surface area contributed by atoms with Crippen LogP contribution in [-0.2, 0) is 13.1 Å². The fourth-order valence-electron chi connectivity index (χ4n) is 3.99. The second-order valence-corrected chi connectivity index (χ2v) is 8.09. The van der Waals surface area contributed by atoms with Gasteiger partial charge in [-0.3, -0.25) is 4.79 Å². The van der Waals surface area contributed by atoms with E-state index in [1.165, 1.54) is 11.1 Å². The third-order valence-electron chi connectivity index (χ3n) is 5.92. The number of rotatable bonds is 4. The van der Waals surface area contributed by atoms with Gasteiger partial charge in [0, 0.05) is 30.9 Å². The van der Waals surface area contributed by atoms with E-state index in [0.29, 0.717) is 30.3 Å². The van der Waals surface area contributed by atoms with Crippen LogP contribution in [0.1, 0.15) is 34.3 Å². The Labute approximate surface area is 171 Å². The Balaban J connectivity index is 1.27. The van der Waals surface area contributed by atoms with Crippen LogP contribution >= 0.6 is 0 Å². The molecule has 1 fully saturated rings. The highest BCUT2D eigenvalue weighted by Gasteiger charge is 2.23. The van der Waals surface area contributed by atoms with Crippen LogP contribution in [0.4, 0.5) is 10.5 Å². The number of piperidine rings is 1. The number of amides is 3. The Morgan fingerprint density at radius 3 is 2.21 bits per heavy atom. The van der Waals surface area contributed by atoms with Crippen molar-refractivity contribution in [2.45, 2.75) is 25.9 Å². The second kappa shape index (κ2) is 8.66. The molecule has 0 spiro atoms. The first kappa shape index (κ1) is 19.5. The van der Waals surface area contributed by atoms with Gasteiger partial charge in [-0.15, -0.1) is 0 Å². The van der Waals surface area contributed by atoms with Gasteiger partial charge in [0.25, 0.3) is 5.91 Å². The molecule has 2 aliphatic heterocycles. The lowest BCUT2D eigenvalue weighted by molar-refractivity contribution is 0.0939. The highest BCUT2D eigenvalue weighted by Crippen LogP contribution is 2.23. The predicted molar refractivity (Wildman–Crippen MR) is 114 cm³/mol. The molecule has 2 aromatic rings. The van der Waals surface area contributed by atoms with Crippen molar-refractivity contribution in [1.29, 1.82) is 0 Å². The molecule has 2 heterocycles. The van der Waals surface area contributed by atoms with Crippen molar-refractivity contribution < 1.29 is 9.59 Å². The Kier molecular flexibility index (Phi) is 5.81. The molecule has 152 valence electrons. The van der Waals surface area contributed by atoms with E-state index in [4.69, 9.17) is 0 Å². The fraction of sp³-hybridized carbons (Fsp3) is 0.391. The van der Waals surface area contributed by atoms with Crippen LogP contribution in [0.2, 0.25) is 0 Å². The van der Waals surface area contributed by atoms with Gasteiger partial charge in [-0.2, -0.15) is 0 Å². The van der Waals surface area contributed by atoms with E-state index >= 15 is 0 Å². The zero-order chi connectivity index (χ0) is 20.2. The van der Waals surface area contributed by atoms with Gasteiger partial charge in [0.2, 0.25) is 0 Å². The third-order valence-corrected chi connectivity index (χ3v) is 5.92. The lowest BCUT2D eigenvalue weighted by Gasteiger charge is -2.28. The molecule has 0 atom stereocenters. The summed E-state index contributed by atoms with van der Waals surface area (Å²) in [4.78, 5) is 29.0. The summed E-state index contributed by atoms with van der Waals surface area (Å²) in [6.45, 7) is 4.16. The molecule has 1 saturated heterocycles. The van der Waals surface area contributed by atoms with Crippen LogP contribution < -0.4 is 10.6 Å². The second-order valence-electron chi connectivity index (χ2n) is 8.09. The Morgan fingerprint density at radius 1 is 0.966 bits per heavy atom. The Morgan fingerprint density at radius 2 is 1.59 bits per heavy atom. The van der Waals surface area contributed by atoms with E-state index in [1.807, 2.05) is 12.1 Å². The van der Waals surface area contributed by atoms with Gasteiger partial charge in [-0.05, 0) is 74.3 Å². The van der Waals surface area contributed by atoms with Crippen molar-refractivity contribution in [3.8, 4) is 0 Å². The van der Waals surface area contributed by atoms with E-state index in [2.05, 4.69) is 34.7 Å². The Hall–Kier alpha value is -2.86. The first-order valence-corrected chi connectivity index (χ1v) is 10.3. The Bertz CT molecular complexity index is 848. The average Bonchev–Trinajstić information content (AvgIpc) is 3.18. The summed E-state index contributed by atoms with van der Waals surface area (Å²) in [5, 5.41) is 5.97. The summed E-state index contributed by atoms with van der Waals surface area (Å²) in [5.41, 5.74) is 3.70. The molecule has 0 radical (unpaired) electrons. The summed E-state index contributed by atoms with van der Waals surface area (Å²) >= 11 is 0. The summed E-state index contributed by atoms with van der Waals surface area (Å²) < 4.78 is 0. The maximum atomic E-state index is 12.5. The van der Waals surface area contributed by atoms with Gasteiger partial charge < -0.3 is 20.4 Å². The van der Waals surface area contributed by atoms with E-state index in [-0.39, 0.29) is 11.9 Å². The number of likely N-dealkylation sites (tertiary alicyclic amines) is 1. The quantitative estimate of drug-likeness (QED) is 0.839. The molecule has 0 aromatic heterocycles. The van der Waals surface area contributed by atoms with Crippen molar-refractivity contribution in [3.05, 3.63) is 65.2 Å². The van der Waals surface area contributed by atoms with Gasteiger partial charge in [-0.25, -0.2) is 4.79 Å². The molecule has 2 aromatic carbocycles. The van der Waals surface area contributed by atoms with E-state index in [1.54, 1.807) is 29.2 Å². The van der Waals surface area contributed by atoms with Gasteiger partial charge in [0.15, 0.2) is 0 Å². The van der Waals surface area contributed by atoms with Crippen molar-refractivity contribution >= 4 is 17.6 Å². The molecule has 0 aliphatic carbocycles. The van der Waals surface area contributed by atoms with Crippen LogP contribution in [0.3, 0.4) is 0 Å². The van der Waals surface area contributed by atoms with Crippen LogP contribution in [-0.4, -0.2) is 48.4 Å². The fourth-order valence-corrected chi connectivity index (χ4v) is 3.99. The highest BCUT2D eigenvalue weighted by atomic mass is 16.2. The molecule has 0 unspecified atom stereocenters. The van der Waals surface area contributed by atoms with E-state index < -0.39 is 0 Å². The summed E-state index contributed by atoms with van der Waals surface area (Å²) in [5.74, 6) is 0.495. The molecule has 0 bridgehead atoms. The molecule has 2 aliphatic rings. The maximum Gasteiger partial charge on any atom is 0.322 e. The monoisotopic (exact) mass is 392 g/mol. The number of urea groups is 1. The number of nitrogens with one attached hydrogen (secondary N) is 2. The first-order chi connectivity index (χ1) is 14.1. The molecule has 6 nitrogen and oxygen atoms in total. The minimum atomic E-state index is -0.124. The predicted octanol–water partition coefficient (Wildman–Crippen LogP) is 3.31. The number of anilines is 1. The number of benzene rings is 2. The zero-order valence-electron chi connectivity index (χ0n) is 16.9. The lowest BCUT2D eigenvalue weighted by atomic mass is 9.97. The number of hydrogen-bond acceptors (Lipinski definition) is 3. The standard InChI is InChI=1S/C23H28N4O2/c1-26-12-10-17(11-13-26)14-24-22(28)18-6-8-21(9-7-18)25-23(29)27-15-19-4-2-3-5-20(19)16-27/h2-9,17H,10-16H2,1H3,(H,24,28)(H,25,29). The summed E-state index contributed by atoms with van der Waals surface area (Å²) in [7, 11) is 2.14. The van der Waals surface area contributed by atoms with Gasteiger partial charge in [0.1, 0.15) is 0 Å². The minimum Gasteiger partial charge on any atom is -0.352 e. The van der Waals surface area contributed by atoms with Gasteiger partial charge in [-0.1, -0.05) is 24.3 Å². The zero-order valence-corrected chi connectivity index (χ0v) is 16.9. The molecule has 29 heavy (non-hydrogen) atoms. The third kappa shape index (κ3) is 4.77. The van der Waals surface area contributed by atoms with Crippen molar-refractivity contribution in [3.63, 3.8) is 0 Å². The summed E-state index contributed by atoms with van der Waals surface area (Å²) in [6.07, 6.45) is 2.25. The largest absolute Gasteiger partial charge is 0.352 e. The molecule has 2 N–H and O–H groups in total. The summed E-state index contributed by atoms with van der Waals surface area (Å²) in [6, 6.07) is 15.1. The smallest absolute Gasteiger partial charge is 0.322 e. The van der Waals surface area contributed by atoms with E-state index in [9.17, 15) is 9.59 Å². The topological polar surface area (TPSA) is 64.7 Å². The number of carbonyl (C=O) groups is 2. The minimum absolute atomic E-state index is 0.0585. The highest BCUT2D eigenvalue weighted by molar-refractivity contribution is 5.95. The molecular weight excluding hydrogens is 364 g/mol. The number of hydrogen-bond donors (Lipinski definition) is 2. The van der Waals surface area contributed by atoms with Crippen LogP contribution in [0.5, 0.6) is 0 Å². The average molecular weight is 393 g/mol. The number of fused-ring (bicyclic) bond motifs is 1. The van der Waals surface area contributed by atoms with Gasteiger partial charge in [0.05, 0.1) is 0 Å². The molecule has 0 saturated carbocycles. The first-order valence-electron chi connectivity index (χ1n) is 10.3. The van der Waals surface area contributed by atoms with Gasteiger partial charge >= 0.3 is 6.03 Å². The molecule has 4 rings (SSSR count).